The Morgan fingerprint density at radius 1 is 1.15 bits per heavy atom. The molecule has 4 rings (SSSR count). The van der Waals surface area contributed by atoms with Crippen molar-refractivity contribution in [1.82, 2.24) is 4.98 Å². The number of fused-ring (bicyclic) bond motifs is 1. The van der Waals surface area contributed by atoms with E-state index in [1.807, 2.05) is 35.2 Å². The van der Waals surface area contributed by atoms with E-state index in [0.29, 0.717) is 24.5 Å². The molecule has 1 aliphatic heterocycles. The van der Waals surface area contributed by atoms with E-state index in [2.05, 4.69) is 16.4 Å². The largest absolute Gasteiger partial charge is 0.388 e. The highest BCUT2D eigenvalue weighted by molar-refractivity contribution is 6.07. The second kappa shape index (κ2) is 7.08. The number of hydrogen-bond donors (Lipinski definition) is 2. The molecule has 2 heterocycles. The van der Waals surface area contributed by atoms with E-state index in [9.17, 15) is 9.90 Å². The lowest BCUT2D eigenvalue weighted by molar-refractivity contribution is 0.0166. The second-order valence-electron chi connectivity index (χ2n) is 7.41. The minimum atomic E-state index is -0.631. The monoisotopic (exact) mass is 351 g/mol. The Kier molecular flexibility index (Phi) is 4.64. The molecule has 1 amide bonds. The van der Waals surface area contributed by atoms with Crippen LogP contribution in [0, 0.1) is 0 Å². The van der Waals surface area contributed by atoms with Crippen LogP contribution in [0.2, 0.25) is 0 Å². The van der Waals surface area contributed by atoms with Crippen LogP contribution in [0.3, 0.4) is 0 Å². The number of carbonyl (C=O) groups excluding carboxylic acids is 1. The zero-order valence-corrected chi connectivity index (χ0v) is 14.9. The zero-order chi connectivity index (χ0) is 18.0. The number of carbonyl (C=O) groups is 1. The quantitative estimate of drug-likeness (QED) is 0.886. The van der Waals surface area contributed by atoms with Crippen LogP contribution in [0.25, 0.3) is 0 Å². The highest BCUT2D eigenvalue weighted by Gasteiger charge is 2.29. The van der Waals surface area contributed by atoms with E-state index >= 15 is 0 Å². The normalized spacial score (nSPS) is 18.4. The van der Waals surface area contributed by atoms with Gasteiger partial charge in [-0.2, -0.15) is 0 Å². The summed E-state index contributed by atoms with van der Waals surface area (Å²) >= 11 is 0. The molecule has 0 bridgehead atoms. The summed E-state index contributed by atoms with van der Waals surface area (Å²) in [6, 6.07) is 11.7. The van der Waals surface area contributed by atoms with Crippen LogP contribution in [0.15, 0.2) is 42.6 Å². The number of amides is 1. The minimum absolute atomic E-state index is 0.0140. The van der Waals surface area contributed by atoms with Gasteiger partial charge in [0.15, 0.2) is 0 Å². The molecule has 2 aromatic rings. The minimum Gasteiger partial charge on any atom is -0.388 e. The van der Waals surface area contributed by atoms with Crippen molar-refractivity contribution < 1.29 is 9.90 Å². The summed E-state index contributed by atoms with van der Waals surface area (Å²) in [6.07, 6.45) is 7.56. The number of rotatable bonds is 4. The van der Waals surface area contributed by atoms with Crippen LogP contribution in [-0.4, -0.2) is 34.7 Å². The highest BCUT2D eigenvalue weighted by atomic mass is 16.3. The summed E-state index contributed by atoms with van der Waals surface area (Å²) in [5.41, 5.74) is 2.17. The first-order chi connectivity index (χ1) is 12.6. The molecule has 0 radical (unpaired) electrons. The van der Waals surface area contributed by atoms with E-state index in [0.717, 1.165) is 37.8 Å². The number of aliphatic hydroxyl groups is 1. The van der Waals surface area contributed by atoms with Crippen LogP contribution >= 0.6 is 0 Å². The molecule has 2 N–H and O–H groups in total. The van der Waals surface area contributed by atoms with Gasteiger partial charge >= 0.3 is 0 Å². The third kappa shape index (κ3) is 3.44. The average molecular weight is 351 g/mol. The number of nitrogens with zero attached hydrogens (tertiary/aromatic N) is 2. The smallest absolute Gasteiger partial charge is 0.259 e. The topological polar surface area (TPSA) is 65.5 Å². The summed E-state index contributed by atoms with van der Waals surface area (Å²) in [4.78, 5) is 19.0. The van der Waals surface area contributed by atoms with E-state index in [1.165, 1.54) is 12.0 Å². The Morgan fingerprint density at radius 2 is 1.96 bits per heavy atom. The van der Waals surface area contributed by atoms with Crippen LogP contribution in [-0.2, 0) is 6.42 Å². The lowest BCUT2D eigenvalue weighted by atomic mass is 9.85. The molecule has 1 aliphatic carbocycles. The van der Waals surface area contributed by atoms with Gasteiger partial charge in [0.05, 0.1) is 11.2 Å². The molecule has 5 nitrogen and oxygen atoms in total. The maximum Gasteiger partial charge on any atom is 0.259 e. The summed E-state index contributed by atoms with van der Waals surface area (Å²) in [7, 11) is 0. The maximum atomic E-state index is 12.8. The summed E-state index contributed by atoms with van der Waals surface area (Å²) in [5, 5.41) is 13.8. The molecule has 1 saturated carbocycles. The first-order valence-corrected chi connectivity index (χ1v) is 9.47. The first kappa shape index (κ1) is 17.0. The van der Waals surface area contributed by atoms with Gasteiger partial charge in [-0.15, -0.1) is 0 Å². The van der Waals surface area contributed by atoms with Crippen molar-refractivity contribution in [2.45, 2.75) is 44.1 Å². The molecule has 0 spiro atoms. The zero-order valence-electron chi connectivity index (χ0n) is 14.9. The number of para-hydroxylation sites is 1. The Labute approximate surface area is 154 Å². The third-order valence-corrected chi connectivity index (χ3v) is 5.53. The van der Waals surface area contributed by atoms with Crippen molar-refractivity contribution in [2.24, 2.45) is 0 Å². The van der Waals surface area contributed by atoms with Crippen molar-refractivity contribution in [3.05, 3.63) is 53.7 Å². The van der Waals surface area contributed by atoms with Gasteiger partial charge in [0.2, 0.25) is 0 Å². The van der Waals surface area contributed by atoms with Gasteiger partial charge in [-0.3, -0.25) is 4.79 Å². The third-order valence-electron chi connectivity index (χ3n) is 5.53. The summed E-state index contributed by atoms with van der Waals surface area (Å²) in [5.74, 6) is 0.683. The van der Waals surface area contributed by atoms with E-state index in [-0.39, 0.29) is 5.91 Å². The number of aromatic nitrogens is 1. The van der Waals surface area contributed by atoms with Crippen molar-refractivity contribution >= 4 is 17.4 Å². The molecule has 0 unspecified atom stereocenters. The molecule has 0 atom stereocenters. The summed E-state index contributed by atoms with van der Waals surface area (Å²) in [6.45, 7) is 1.22. The van der Waals surface area contributed by atoms with Crippen LogP contribution in [0.4, 0.5) is 11.5 Å². The Hall–Kier alpha value is -2.40. The van der Waals surface area contributed by atoms with Gasteiger partial charge in [-0.1, -0.05) is 37.5 Å². The van der Waals surface area contributed by atoms with Crippen LogP contribution < -0.4 is 10.2 Å². The predicted octanol–water partition coefficient (Wildman–Crippen LogP) is 3.39. The molecular weight excluding hydrogens is 326 g/mol. The van der Waals surface area contributed by atoms with Gasteiger partial charge in [-0.25, -0.2) is 4.98 Å². The number of anilines is 2. The molecule has 0 saturated heterocycles. The fraction of sp³-hybridized carbons (Fsp3) is 0.429. The number of hydrogen-bond acceptors (Lipinski definition) is 4. The van der Waals surface area contributed by atoms with Crippen molar-refractivity contribution in [1.29, 1.82) is 0 Å². The van der Waals surface area contributed by atoms with Gasteiger partial charge in [0.25, 0.3) is 5.91 Å². The van der Waals surface area contributed by atoms with E-state index < -0.39 is 5.60 Å². The van der Waals surface area contributed by atoms with Gasteiger partial charge < -0.3 is 15.3 Å². The van der Waals surface area contributed by atoms with Crippen molar-refractivity contribution in [3.63, 3.8) is 0 Å². The highest BCUT2D eigenvalue weighted by Crippen LogP contribution is 2.29. The second-order valence-corrected chi connectivity index (χ2v) is 7.41. The Morgan fingerprint density at radius 3 is 2.73 bits per heavy atom. The number of benzene rings is 1. The number of pyridine rings is 1. The SMILES string of the molecule is O=C(c1ccc(NCC2(O)CCCCC2)nc1)N1CCc2ccccc21. The number of nitrogens with one attached hydrogen (secondary N) is 1. The molecule has 2 aliphatic rings. The Balaban J connectivity index is 1.41. The molecule has 26 heavy (non-hydrogen) atoms. The van der Waals surface area contributed by atoms with Crippen LogP contribution in [0.5, 0.6) is 0 Å². The molecule has 1 fully saturated rings. The van der Waals surface area contributed by atoms with E-state index in [1.54, 1.807) is 6.20 Å². The Bertz CT molecular complexity index is 782. The standard InChI is InChI=1S/C21H25N3O2/c25-20(24-13-10-16-6-2-3-7-18(16)24)17-8-9-19(22-14-17)23-15-21(26)11-4-1-5-12-21/h2-3,6-9,14,26H,1,4-5,10-13,15H2,(H,22,23). The maximum absolute atomic E-state index is 12.8. The van der Waals surface area contributed by atoms with E-state index in [4.69, 9.17) is 0 Å². The predicted molar refractivity (Wildman–Crippen MR) is 103 cm³/mol. The van der Waals surface area contributed by atoms with Crippen molar-refractivity contribution in [2.75, 3.05) is 23.3 Å². The fourth-order valence-electron chi connectivity index (χ4n) is 3.97. The molecule has 1 aromatic carbocycles. The average Bonchev–Trinajstić information content (AvgIpc) is 3.11. The molecule has 1 aromatic heterocycles. The first-order valence-electron chi connectivity index (χ1n) is 9.47. The van der Waals surface area contributed by atoms with Gasteiger partial charge in [-0.05, 0) is 43.0 Å². The fourth-order valence-corrected chi connectivity index (χ4v) is 3.97. The van der Waals surface area contributed by atoms with Gasteiger partial charge in [0.1, 0.15) is 5.82 Å². The molecule has 136 valence electrons. The van der Waals surface area contributed by atoms with Gasteiger partial charge in [0, 0.05) is 25.0 Å². The lowest BCUT2D eigenvalue weighted by Crippen LogP contribution is -2.38. The lowest BCUT2D eigenvalue weighted by Gasteiger charge is -2.32. The summed E-state index contributed by atoms with van der Waals surface area (Å²) < 4.78 is 0. The molecule has 5 heteroatoms. The van der Waals surface area contributed by atoms with Crippen LogP contribution in [0.1, 0.15) is 48.0 Å². The molecular formula is C21H25N3O2. The van der Waals surface area contributed by atoms with Crippen molar-refractivity contribution in [3.8, 4) is 0 Å².